The molecule has 0 radical (unpaired) electrons. The van der Waals surface area contributed by atoms with Crippen LogP contribution < -0.4 is 5.43 Å². The third-order valence-corrected chi connectivity index (χ3v) is 5.16. The number of piperidine rings is 1. The first-order valence-electron chi connectivity index (χ1n) is 9.08. The van der Waals surface area contributed by atoms with Gasteiger partial charge in [-0.2, -0.15) is 0 Å². The van der Waals surface area contributed by atoms with Crippen LogP contribution in [0.15, 0.2) is 39.5 Å². The van der Waals surface area contributed by atoms with E-state index in [9.17, 15) is 9.59 Å². The zero-order valence-electron chi connectivity index (χ0n) is 15.4. The molecule has 0 spiro atoms. The average molecular weight is 379 g/mol. The number of fused-ring (bicyclic) bond motifs is 1. The second-order valence-corrected chi connectivity index (χ2v) is 6.75. The molecule has 0 aliphatic carbocycles. The van der Waals surface area contributed by atoms with Crippen LogP contribution in [0.25, 0.3) is 11.0 Å². The summed E-state index contributed by atoms with van der Waals surface area (Å²) in [7, 11) is 1.91. The standard InChI is InChI=1S/C20H26N2O3.ClH/c1-3-20(24)21(2)15-8-11-22(12-9-15)13-10-16-14-18(23)17-6-4-5-7-19(17)25-16;/h4-7,14-15H,3,8-13H2,1-2H3;1H. The zero-order chi connectivity index (χ0) is 17.8. The van der Waals surface area contributed by atoms with Crippen LogP contribution in [0.3, 0.4) is 0 Å². The Bertz CT molecular complexity index is 797. The maximum absolute atomic E-state index is 12.1. The number of carbonyl (C=O) groups excluding carboxylic acids is 1. The molecule has 1 fully saturated rings. The van der Waals surface area contributed by atoms with Gasteiger partial charge in [0.2, 0.25) is 5.91 Å². The summed E-state index contributed by atoms with van der Waals surface area (Å²) < 4.78 is 5.86. The molecule has 142 valence electrons. The maximum Gasteiger partial charge on any atom is 0.222 e. The third-order valence-electron chi connectivity index (χ3n) is 5.16. The Morgan fingerprint density at radius 2 is 1.96 bits per heavy atom. The van der Waals surface area contributed by atoms with Crippen molar-refractivity contribution >= 4 is 29.3 Å². The normalized spacial score (nSPS) is 15.6. The molecule has 2 heterocycles. The van der Waals surface area contributed by atoms with E-state index >= 15 is 0 Å². The van der Waals surface area contributed by atoms with Crippen molar-refractivity contribution in [3.05, 3.63) is 46.3 Å². The molecule has 1 amide bonds. The van der Waals surface area contributed by atoms with Gasteiger partial charge in [0.25, 0.3) is 0 Å². The number of carbonyl (C=O) groups is 1. The van der Waals surface area contributed by atoms with Crippen molar-refractivity contribution in [2.24, 2.45) is 0 Å². The molecule has 1 aromatic heterocycles. The molecule has 6 heteroatoms. The summed E-state index contributed by atoms with van der Waals surface area (Å²) in [6.07, 6.45) is 3.31. The monoisotopic (exact) mass is 378 g/mol. The van der Waals surface area contributed by atoms with E-state index in [1.807, 2.05) is 37.1 Å². The van der Waals surface area contributed by atoms with Gasteiger partial charge in [0.05, 0.1) is 5.39 Å². The topological polar surface area (TPSA) is 53.8 Å². The molecular weight excluding hydrogens is 352 g/mol. The molecule has 1 aliphatic rings. The average Bonchev–Trinajstić information content (AvgIpc) is 2.65. The number of likely N-dealkylation sites (tertiary alicyclic amines) is 1. The Kier molecular flexibility index (Phi) is 7.23. The summed E-state index contributed by atoms with van der Waals surface area (Å²) in [4.78, 5) is 28.2. The highest BCUT2D eigenvalue weighted by Gasteiger charge is 2.24. The second-order valence-electron chi connectivity index (χ2n) is 6.75. The van der Waals surface area contributed by atoms with Crippen LogP contribution in [-0.4, -0.2) is 48.4 Å². The minimum Gasteiger partial charge on any atom is -0.461 e. The van der Waals surface area contributed by atoms with E-state index in [2.05, 4.69) is 4.90 Å². The summed E-state index contributed by atoms with van der Waals surface area (Å²) in [5.41, 5.74) is 0.679. The Morgan fingerprint density at radius 3 is 2.65 bits per heavy atom. The minimum absolute atomic E-state index is 0. The fourth-order valence-corrected chi connectivity index (χ4v) is 3.53. The van der Waals surface area contributed by atoms with E-state index in [4.69, 9.17) is 4.42 Å². The van der Waals surface area contributed by atoms with Gasteiger partial charge in [-0.25, -0.2) is 0 Å². The van der Waals surface area contributed by atoms with E-state index in [1.54, 1.807) is 12.1 Å². The van der Waals surface area contributed by atoms with Gasteiger partial charge in [0, 0.05) is 51.6 Å². The van der Waals surface area contributed by atoms with Crippen molar-refractivity contribution in [2.75, 3.05) is 26.7 Å². The molecule has 0 saturated carbocycles. The van der Waals surface area contributed by atoms with Gasteiger partial charge in [0.1, 0.15) is 11.3 Å². The molecule has 1 aromatic carbocycles. The number of hydrogen-bond donors (Lipinski definition) is 0. The number of hydrogen-bond acceptors (Lipinski definition) is 4. The van der Waals surface area contributed by atoms with E-state index in [0.29, 0.717) is 23.4 Å². The van der Waals surface area contributed by atoms with E-state index in [1.165, 1.54) is 0 Å². The number of benzene rings is 1. The minimum atomic E-state index is 0. The lowest BCUT2D eigenvalue weighted by Crippen LogP contribution is -2.45. The van der Waals surface area contributed by atoms with Crippen molar-refractivity contribution in [1.29, 1.82) is 0 Å². The highest BCUT2D eigenvalue weighted by molar-refractivity contribution is 5.85. The van der Waals surface area contributed by atoms with Crippen LogP contribution in [-0.2, 0) is 11.2 Å². The van der Waals surface area contributed by atoms with Crippen molar-refractivity contribution in [1.82, 2.24) is 9.80 Å². The van der Waals surface area contributed by atoms with Gasteiger partial charge >= 0.3 is 0 Å². The van der Waals surface area contributed by atoms with Crippen LogP contribution in [0, 0.1) is 0 Å². The molecule has 0 bridgehead atoms. The molecule has 0 atom stereocenters. The molecule has 3 rings (SSSR count). The number of nitrogens with zero attached hydrogens (tertiary/aromatic N) is 2. The van der Waals surface area contributed by atoms with Crippen LogP contribution in [0.1, 0.15) is 31.9 Å². The SMILES string of the molecule is CCC(=O)N(C)C1CCN(CCc2cc(=O)c3ccccc3o2)CC1.Cl. The van der Waals surface area contributed by atoms with Crippen molar-refractivity contribution in [2.45, 2.75) is 38.6 Å². The van der Waals surface area contributed by atoms with Crippen LogP contribution in [0.4, 0.5) is 0 Å². The van der Waals surface area contributed by atoms with Crippen LogP contribution in [0.2, 0.25) is 0 Å². The Morgan fingerprint density at radius 1 is 1.27 bits per heavy atom. The molecule has 0 N–H and O–H groups in total. The van der Waals surface area contributed by atoms with Gasteiger partial charge < -0.3 is 14.2 Å². The molecular formula is C20H27ClN2O3. The summed E-state index contributed by atoms with van der Waals surface area (Å²) in [5.74, 6) is 0.959. The molecule has 1 saturated heterocycles. The summed E-state index contributed by atoms with van der Waals surface area (Å²) in [6, 6.07) is 9.33. The molecule has 1 aliphatic heterocycles. The highest BCUT2D eigenvalue weighted by Crippen LogP contribution is 2.17. The largest absolute Gasteiger partial charge is 0.461 e. The predicted molar refractivity (Wildman–Crippen MR) is 106 cm³/mol. The van der Waals surface area contributed by atoms with Gasteiger partial charge in [-0.1, -0.05) is 19.1 Å². The lowest BCUT2D eigenvalue weighted by molar-refractivity contribution is -0.132. The smallest absolute Gasteiger partial charge is 0.222 e. The predicted octanol–water partition coefficient (Wildman–Crippen LogP) is 3.09. The van der Waals surface area contributed by atoms with Gasteiger partial charge in [0.15, 0.2) is 5.43 Å². The maximum atomic E-state index is 12.1. The highest BCUT2D eigenvalue weighted by atomic mass is 35.5. The van der Waals surface area contributed by atoms with Crippen molar-refractivity contribution in [3.8, 4) is 0 Å². The number of rotatable bonds is 5. The quantitative estimate of drug-likeness (QED) is 0.802. The first kappa shape index (κ1) is 20.5. The van der Waals surface area contributed by atoms with Crippen LogP contribution in [0.5, 0.6) is 0 Å². The summed E-state index contributed by atoms with van der Waals surface area (Å²) in [6.45, 7) is 4.73. The fraction of sp³-hybridized carbons (Fsp3) is 0.500. The second kappa shape index (κ2) is 9.19. The van der Waals surface area contributed by atoms with Crippen molar-refractivity contribution < 1.29 is 9.21 Å². The zero-order valence-corrected chi connectivity index (χ0v) is 16.3. The molecule has 0 unspecified atom stereocenters. The van der Waals surface area contributed by atoms with E-state index < -0.39 is 0 Å². The summed E-state index contributed by atoms with van der Waals surface area (Å²) in [5, 5.41) is 0.635. The lowest BCUT2D eigenvalue weighted by atomic mass is 10.0. The molecule has 26 heavy (non-hydrogen) atoms. The van der Waals surface area contributed by atoms with Gasteiger partial charge in [-0.3, -0.25) is 9.59 Å². The number of halogens is 1. The van der Waals surface area contributed by atoms with Gasteiger partial charge in [-0.05, 0) is 25.0 Å². The molecule has 2 aromatic rings. The Hall–Kier alpha value is -1.85. The Labute approximate surface area is 160 Å². The van der Waals surface area contributed by atoms with E-state index in [0.717, 1.165) is 44.7 Å². The number of para-hydroxylation sites is 1. The summed E-state index contributed by atoms with van der Waals surface area (Å²) >= 11 is 0. The Balaban J connectivity index is 0.00000243. The first-order valence-corrected chi connectivity index (χ1v) is 9.08. The van der Waals surface area contributed by atoms with Crippen LogP contribution >= 0.6 is 12.4 Å². The molecule has 5 nitrogen and oxygen atoms in total. The fourth-order valence-electron chi connectivity index (χ4n) is 3.53. The lowest BCUT2D eigenvalue weighted by Gasteiger charge is -2.36. The van der Waals surface area contributed by atoms with Gasteiger partial charge in [-0.15, -0.1) is 12.4 Å². The van der Waals surface area contributed by atoms with E-state index in [-0.39, 0.29) is 23.7 Å². The van der Waals surface area contributed by atoms with Crippen molar-refractivity contribution in [3.63, 3.8) is 0 Å². The first-order chi connectivity index (χ1) is 12.1. The number of amides is 1. The third kappa shape index (κ3) is 4.65.